The molecule has 1 unspecified atom stereocenters. The van der Waals surface area contributed by atoms with Crippen molar-refractivity contribution in [2.24, 2.45) is 5.73 Å². The Hall–Kier alpha value is -1.65. The van der Waals surface area contributed by atoms with Crippen LogP contribution in [0.15, 0.2) is 36.7 Å². The Labute approximate surface area is 122 Å². The van der Waals surface area contributed by atoms with Crippen LogP contribution in [0.2, 0.25) is 5.02 Å². The van der Waals surface area contributed by atoms with E-state index >= 15 is 0 Å². The van der Waals surface area contributed by atoms with Crippen molar-refractivity contribution in [3.63, 3.8) is 0 Å². The molecule has 5 heteroatoms. The Kier molecular flexibility index (Phi) is 4.93. The highest BCUT2D eigenvalue weighted by atomic mass is 35.5. The molecule has 0 aliphatic carbocycles. The molecule has 0 fully saturated rings. The molecule has 2 aromatic rings. The second kappa shape index (κ2) is 6.68. The molecule has 0 aliphatic rings. The largest absolute Gasteiger partial charge is 0.492 e. The van der Waals surface area contributed by atoms with Gasteiger partial charge in [0.15, 0.2) is 0 Å². The molecule has 3 nitrogen and oxygen atoms in total. The summed E-state index contributed by atoms with van der Waals surface area (Å²) in [5, 5.41) is 0.303. The van der Waals surface area contributed by atoms with E-state index in [1.54, 1.807) is 30.6 Å². The van der Waals surface area contributed by atoms with Crippen LogP contribution in [0, 0.1) is 5.82 Å². The fourth-order valence-electron chi connectivity index (χ4n) is 1.88. The maximum absolute atomic E-state index is 13.9. The molecular weight excluding hydrogens is 279 g/mol. The Bertz CT molecular complexity index is 572. The van der Waals surface area contributed by atoms with E-state index in [1.807, 2.05) is 6.92 Å². The molecular formula is C15H16ClFN2O. The summed E-state index contributed by atoms with van der Waals surface area (Å²) in [6.07, 6.45) is 4.09. The first kappa shape index (κ1) is 14.8. The molecule has 20 heavy (non-hydrogen) atoms. The van der Waals surface area contributed by atoms with Gasteiger partial charge in [-0.3, -0.25) is 4.98 Å². The maximum Gasteiger partial charge on any atom is 0.137 e. The summed E-state index contributed by atoms with van der Waals surface area (Å²) in [5.41, 5.74) is 7.02. The number of halogens is 2. The van der Waals surface area contributed by atoms with E-state index in [-0.39, 0.29) is 5.56 Å². The highest BCUT2D eigenvalue weighted by Gasteiger charge is 2.17. The third-order valence-electron chi connectivity index (χ3n) is 2.88. The van der Waals surface area contributed by atoms with Gasteiger partial charge in [0, 0.05) is 16.8 Å². The summed E-state index contributed by atoms with van der Waals surface area (Å²) in [6, 6.07) is 5.58. The van der Waals surface area contributed by atoms with E-state index in [4.69, 9.17) is 22.1 Å². The van der Waals surface area contributed by atoms with Gasteiger partial charge in [-0.15, -0.1) is 0 Å². The number of aromatic nitrogens is 1. The minimum Gasteiger partial charge on any atom is -0.492 e. The zero-order valence-electron chi connectivity index (χ0n) is 11.1. The molecule has 0 spiro atoms. The Balaban J connectivity index is 2.31. The quantitative estimate of drug-likeness (QED) is 0.914. The standard InChI is InChI=1S/C15H16ClFN2O/c1-2-6-20-11-7-10(8-19-9-11)15(18)14-12(16)4-3-5-13(14)17/h3-5,7-9,15H,2,6,18H2,1H3. The van der Waals surface area contributed by atoms with Crippen LogP contribution in [0.1, 0.15) is 30.5 Å². The normalized spacial score (nSPS) is 12.2. The number of ether oxygens (including phenoxy) is 1. The molecule has 1 aromatic heterocycles. The van der Waals surface area contributed by atoms with Crippen LogP contribution < -0.4 is 10.5 Å². The van der Waals surface area contributed by atoms with Crippen LogP contribution in [0.25, 0.3) is 0 Å². The summed E-state index contributed by atoms with van der Waals surface area (Å²) in [4.78, 5) is 4.07. The van der Waals surface area contributed by atoms with Crippen LogP contribution in [-0.2, 0) is 0 Å². The summed E-state index contributed by atoms with van der Waals surface area (Å²) >= 11 is 6.03. The van der Waals surface area contributed by atoms with Gasteiger partial charge in [0.2, 0.25) is 0 Å². The first-order valence-electron chi connectivity index (χ1n) is 6.40. The molecule has 0 saturated carbocycles. The number of benzene rings is 1. The Morgan fingerprint density at radius 3 is 2.90 bits per heavy atom. The van der Waals surface area contributed by atoms with Gasteiger partial charge in [-0.2, -0.15) is 0 Å². The Morgan fingerprint density at radius 2 is 2.20 bits per heavy atom. The lowest BCUT2D eigenvalue weighted by molar-refractivity contribution is 0.315. The average Bonchev–Trinajstić information content (AvgIpc) is 2.45. The zero-order chi connectivity index (χ0) is 14.5. The summed E-state index contributed by atoms with van der Waals surface area (Å²) < 4.78 is 19.4. The number of nitrogens with zero attached hydrogens (tertiary/aromatic N) is 1. The smallest absolute Gasteiger partial charge is 0.137 e. The fraction of sp³-hybridized carbons (Fsp3) is 0.267. The van der Waals surface area contributed by atoms with Gasteiger partial charge in [0.05, 0.1) is 18.8 Å². The highest BCUT2D eigenvalue weighted by Crippen LogP contribution is 2.29. The van der Waals surface area contributed by atoms with Gasteiger partial charge in [-0.1, -0.05) is 24.6 Å². The SMILES string of the molecule is CCCOc1cncc(C(N)c2c(F)cccc2Cl)c1. The molecule has 0 bridgehead atoms. The van der Waals surface area contributed by atoms with Crippen molar-refractivity contribution in [2.45, 2.75) is 19.4 Å². The summed E-state index contributed by atoms with van der Waals surface area (Å²) in [5.74, 6) is 0.192. The molecule has 0 amide bonds. The average molecular weight is 295 g/mol. The van der Waals surface area contributed by atoms with Crippen LogP contribution in [0.4, 0.5) is 4.39 Å². The molecule has 2 rings (SSSR count). The van der Waals surface area contributed by atoms with Crippen molar-refractivity contribution in [3.05, 3.63) is 58.6 Å². The number of hydrogen-bond acceptors (Lipinski definition) is 3. The van der Waals surface area contributed by atoms with E-state index in [2.05, 4.69) is 4.98 Å². The molecule has 1 atom stereocenters. The first-order chi connectivity index (χ1) is 9.63. The van der Waals surface area contributed by atoms with Gasteiger partial charge in [0.1, 0.15) is 11.6 Å². The van der Waals surface area contributed by atoms with Crippen molar-refractivity contribution >= 4 is 11.6 Å². The van der Waals surface area contributed by atoms with Crippen molar-refractivity contribution in [2.75, 3.05) is 6.61 Å². The highest BCUT2D eigenvalue weighted by molar-refractivity contribution is 6.31. The van der Waals surface area contributed by atoms with E-state index in [0.29, 0.717) is 22.9 Å². The monoisotopic (exact) mass is 294 g/mol. The molecule has 106 valence electrons. The molecule has 2 N–H and O–H groups in total. The van der Waals surface area contributed by atoms with Gasteiger partial charge >= 0.3 is 0 Å². The molecule has 1 aromatic carbocycles. The molecule has 0 radical (unpaired) electrons. The van der Waals surface area contributed by atoms with Crippen LogP contribution in [0.3, 0.4) is 0 Å². The minimum absolute atomic E-state index is 0.267. The lowest BCUT2D eigenvalue weighted by atomic mass is 10.0. The van der Waals surface area contributed by atoms with Crippen molar-refractivity contribution in [1.82, 2.24) is 4.98 Å². The van der Waals surface area contributed by atoms with Gasteiger partial charge in [-0.05, 0) is 30.2 Å². The van der Waals surface area contributed by atoms with Gasteiger partial charge in [-0.25, -0.2) is 4.39 Å². The fourth-order valence-corrected chi connectivity index (χ4v) is 2.16. The lowest BCUT2D eigenvalue weighted by Crippen LogP contribution is -2.14. The Morgan fingerprint density at radius 1 is 1.40 bits per heavy atom. The number of pyridine rings is 1. The van der Waals surface area contributed by atoms with E-state index in [0.717, 1.165) is 6.42 Å². The van der Waals surface area contributed by atoms with Crippen LogP contribution >= 0.6 is 11.6 Å². The van der Waals surface area contributed by atoms with Crippen LogP contribution in [0.5, 0.6) is 5.75 Å². The number of hydrogen-bond donors (Lipinski definition) is 1. The molecule has 0 aliphatic heterocycles. The van der Waals surface area contributed by atoms with Crippen molar-refractivity contribution in [1.29, 1.82) is 0 Å². The molecule has 1 heterocycles. The number of rotatable bonds is 5. The second-order valence-corrected chi connectivity index (χ2v) is 4.82. The predicted molar refractivity (Wildman–Crippen MR) is 77.5 cm³/mol. The van der Waals surface area contributed by atoms with E-state index in [9.17, 15) is 4.39 Å². The minimum atomic E-state index is -0.679. The van der Waals surface area contributed by atoms with Gasteiger partial charge in [0.25, 0.3) is 0 Å². The topological polar surface area (TPSA) is 48.1 Å². The zero-order valence-corrected chi connectivity index (χ0v) is 11.9. The van der Waals surface area contributed by atoms with E-state index < -0.39 is 11.9 Å². The van der Waals surface area contributed by atoms with Crippen LogP contribution in [-0.4, -0.2) is 11.6 Å². The predicted octanol–water partition coefficient (Wildman–Crippen LogP) is 3.71. The summed E-state index contributed by atoms with van der Waals surface area (Å²) in [6.45, 7) is 2.61. The van der Waals surface area contributed by atoms with Crippen molar-refractivity contribution in [3.8, 4) is 5.75 Å². The summed E-state index contributed by atoms with van der Waals surface area (Å²) in [7, 11) is 0. The third kappa shape index (κ3) is 3.26. The molecule has 0 saturated heterocycles. The van der Waals surface area contributed by atoms with Crippen molar-refractivity contribution < 1.29 is 9.13 Å². The maximum atomic E-state index is 13.9. The third-order valence-corrected chi connectivity index (χ3v) is 3.21. The first-order valence-corrected chi connectivity index (χ1v) is 6.78. The van der Waals surface area contributed by atoms with E-state index in [1.165, 1.54) is 6.07 Å². The lowest BCUT2D eigenvalue weighted by Gasteiger charge is -2.15. The second-order valence-electron chi connectivity index (χ2n) is 4.42. The van der Waals surface area contributed by atoms with Gasteiger partial charge < -0.3 is 10.5 Å². The number of nitrogens with two attached hydrogens (primary N) is 1.